The first-order valence-corrected chi connectivity index (χ1v) is 11.6. The van der Waals surface area contributed by atoms with Crippen LogP contribution in [0.4, 0.5) is 4.79 Å². The molecule has 2 aliphatic rings. The molecule has 4 rings (SSSR count). The molecule has 1 heterocycles. The summed E-state index contributed by atoms with van der Waals surface area (Å²) in [6.45, 7) is 4.21. The predicted octanol–water partition coefficient (Wildman–Crippen LogP) is 3.16. The summed E-state index contributed by atoms with van der Waals surface area (Å²) in [6.07, 6.45) is -0.314. The average Bonchev–Trinajstić information content (AvgIpc) is 3.39. The van der Waals surface area contributed by atoms with Gasteiger partial charge in [0.15, 0.2) is 0 Å². The van der Waals surface area contributed by atoms with Gasteiger partial charge in [0.25, 0.3) is 0 Å². The molecule has 2 aromatic rings. The van der Waals surface area contributed by atoms with Gasteiger partial charge in [-0.15, -0.1) is 0 Å². The predicted molar refractivity (Wildman–Crippen MR) is 125 cm³/mol. The molecule has 2 aromatic carbocycles. The lowest BCUT2D eigenvalue weighted by atomic mass is 9.98. The monoisotopic (exact) mass is 466 g/mol. The largest absolute Gasteiger partial charge is 0.480 e. The number of aliphatic carboxylic acids is 1. The van der Waals surface area contributed by atoms with Crippen molar-refractivity contribution in [1.82, 2.24) is 10.6 Å². The van der Waals surface area contributed by atoms with E-state index in [-0.39, 0.29) is 31.7 Å². The average molecular weight is 467 g/mol. The summed E-state index contributed by atoms with van der Waals surface area (Å²) in [7, 11) is 0. The summed E-state index contributed by atoms with van der Waals surface area (Å²) in [4.78, 5) is 36.8. The van der Waals surface area contributed by atoms with E-state index in [2.05, 4.69) is 22.8 Å². The first kappa shape index (κ1) is 23.8. The minimum atomic E-state index is -1.08. The van der Waals surface area contributed by atoms with Crippen molar-refractivity contribution in [2.45, 2.75) is 38.3 Å². The molecule has 3 N–H and O–H groups in total. The standard InChI is InChI=1S/C26H30N2O6/c1-15(2)11-22(25(30)31)27-24(29)21-12-33-14-23(21)28-26(32)34-13-20-18-9-5-3-7-16(18)17-8-4-6-10-19(17)20/h3-10,15,20-23H,11-14H2,1-2H3,(H,27,29)(H,28,32)(H,30,31)/t21?,22-,23?/m0/s1. The third-order valence-electron chi connectivity index (χ3n) is 6.39. The van der Waals surface area contributed by atoms with Crippen LogP contribution in [0.1, 0.15) is 37.3 Å². The zero-order valence-electron chi connectivity index (χ0n) is 19.3. The number of fused-ring (bicyclic) bond motifs is 3. The van der Waals surface area contributed by atoms with Gasteiger partial charge in [0.05, 0.1) is 25.2 Å². The summed E-state index contributed by atoms with van der Waals surface area (Å²) in [5.74, 6) is -2.17. The highest BCUT2D eigenvalue weighted by molar-refractivity contribution is 5.86. The van der Waals surface area contributed by atoms with E-state index < -0.39 is 36.0 Å². The first-order valence-electron chi connectivity index (χ1n) is 11.6. The number of hydrogen-bond acceptors (Lipinski definition) is 5. The van der Waals surface area contributed by atoms with Gasteiger partial charge < -0.3 is 25.2 Å². The molecule has 0 spiro atoms. The number of benzene rings is 2. The van der Waals surface area contributed by atoms with Gasteiger partial charge in [-0.25, -0.2) is 9.59 Å². The smallest absolute Gasteiger partial charge is 0.407 e. The lowest BCUT2D eigenvalue weighted by molar-refractivity contribution is -0.143. The Bertz CT molecular complexity index is 1020. The van der Waals surface area contributed by atoms with Gasteiger partial charge in [-0.2, -0.15) is 0 Å². The van der Waals surface area contributed by atoms with Crippen molar-refractivity contribution in [2.75, 3.05) is 19.8 Å². The van der Waals surface area contributed by atoms with E-state index in [1.165, 1.54) is 0 Å². The SMILES string of the molecule is CC(C)C[C@H](NC(=O)C1COCC1NC(=O)OCC1c2ccccc2-c2ccccc21)C(=O)O. The zero-order valence-corrected chi connectivity index (χ0v) is 19.3. The van der Waals surface area contributed by atoms with Gasteiger partial charge >= 0.3 is 12.1 Å². The van der Waals surface area contributed by atoms with E-state index in [1.807, 2.05) is 50.2 Å². The summed E-state index contributed by atoms with van der Waals surface area (Å²) in [6, 6.07) is 14.6. The molecule has 8 heteroatoms. The van der Waals surface area contributed by atoms with Crippen LogP contribution < -0.4 is 10.6 Å². The van der Waals surface area contributed by atoms with Crippen LogP contribution in [0.5, 0.6) is 0 Å². The second-order valence-electron chi connectivity index (χ2n) is 9.25. The van der Waals surface area contributed by atoms with Crippen LogP contribution in [-0.4, -0.2) is 55.0 Å². The zero-order chi connectivity index (χ0) is 24.2. The van der Waals surface area contributed by atoms with Gasteiger partial charge in [0.2, 0.25) is 5.91 Å². The molecule has 34 heavy (non-hydrogen) atoms. The van der Waals surface area contributed by atoms with E-state index in [0.29, 0.717) is 6.42 Å². The maximum absolute atomic E-state index is 12.7. The second-order valence-corrected chi connectivity index (χ2v) is 9.25. The fourth-order valence-corrected chi connectivity index (χ4v) is 4.72. The highest BCUT2D eigenvalue weighted by Crippen LogP contribution is 2.44. The molecule has 1 aliphatic heterocycles. The van der Waals surface area contributed by atoms with Crippen molar-refractivity contribution in [1.29, 1.82) is 0 Å². The normalized spacial score (nSPS) is 19.9. The van der Waals surface area contributed by atoms with Crippen LogP contribution in [0, 0.1) is 11.8 Å². The Balaban J connectivity index is 1.36. The number of amides is 2. The van der Waals surface area contributed by atoms with Crippen LogP contribution in [0.2, 0.25) is 0 Å². The number of nitrogens with one attached hydrogen (secondary N) is 2. The molecule has 3 atom stereocenters. The molecule has 0 aromatic heterocycles. The first-order chi connectivity index (χ1) is 16.3. The molecule has 1 aliphatic carbocycles. The maximum atomic E-state index is 12.7. The molecule has 0 radical (unpaired) electrons. The summed E-state index contributed by atoms with van der Waals surface area (Å²) in [5, 5.41) is 14.7. The number of carboxylic acid groups (broad SMARTS) is 1. The molecule has 1 fully saturated rings. The number of carboxylic acids is 1. The van der Waals surface area contributed by atoms with Crippen LogP contribution in [0.25, 0.3) is 11.1 Å². The van der Waals surface area contributed by atoms with Crippen LogP contribution >= 0.6 is 0 Å². The van der Waals surface area contributed by atoms with Crippen LogP contribution in [-0.2, 0) is 19.1 Å². The Morgan fingerprint density at radius 1 is 1.03 bits per heavy atom. The third-order valence-corrected chi connectivity index (χ3v) is 6.39. The Hall–Kier alpha value is -3.39. The molecule has 0 bridgehead atoms. The fraction of sp³-hybridized carbons (Fsp3) is 0.423. The number of alkyl carbamates (subject to hydrolysis) is 1. The van der Waals surface area contributed by atoms with Crippen molar-refractivity contribution in [2.24, 2.45) is 11.8 Å². The Labute approximate surface area is 198 Å². The number of carbonyl (C=O) groups excluding carboxylic acids is 2. The quantitative estimate of drug-likeness (QED) is 0.551. The summed E-state index contributed by atoms with van der Waals surface area (Å²) in [5.41, 5.74) is 4.51. The highest BCUT2D eigenvalue weighted by atomic mass is 16.5. The van der Waals surface area contributed by atoms with Crippen LogP contribution in [0.3, 0.4) is 0 Å². The maximum Gasteiger partial charge on any atom is 0.407 e. The van der Waals surface area contributed by atoms with E-state index in [1.54, 1.807) is 0 Å². The highest BCUT2D eigenvalue weighted by Gasteiger charge is 2.37. The van der Waals surface area contributed by atoms with Gasteiger partial charge in [-0.3, -0.25) is 4.79 Å². The Kier molecular flexibility index (Phi) is 7.17. The number of ether oxygens (including phenoxy) is 2. The van der Waals surface area contributed by atoms with Crippen molar-refractivity contribution in [3.63, 3.8) is 0 Å². The minimum Gasteiger partial charge on any atom is -0.480 e. The van der Waals surface area contributed by atoms with Crippen molar-refractivity contribution in [3.8, 4) is 11.1 Å². The van der Waals surface area contributed by atoms with Gasteiger partial charge in [-0.1, -0.05) is 62.4 Å². The van der Waals surface area contributed by atoms with Crippen molar-refractivity contribution >= 4 is 18.0 Å². The molecule has 180 valence electrons. The number of hydrogen-bond donors (Lipinski definition) is 3. The summed E-state index contributed by atoms with van der Waals surface area (Å²) < 4.78 is 11.0. The molecule has 2 amide bonds. The van der Waals surface area contributed by atoms with E-state index in [0.717, 1.165) is 22.3 Å². The number of rotatable bonds is 8. The third kappa shape index (κ3) is 5.07. The Morgan fingerprint density at radius 3 is 2.24 bits per heavy atom. The Morgan fingerprint density at radius 2 is 1.65 bits per heavy atom. The molecular formula is C26H30N2O6. The fourth-order valence-electron chi connectivity index (χ4n) is 4.72. The van der Waals surface area contributed by atoms with Gasteiger partial charge in [-0.05, 0) is 34.6 Å². The van der Waals surface area contributed by atoms with E-state index in [9.17, 15) is 19.5 Å². The minimum absolute atomic E-state index is 0.0653. The van der Waals surface area contributed by atoms with E-state index >= 15 is 0 Å². The molecule has 2 unspecified atom stereocenters. The molecule has 8 nitrogen and oxygen atoms in total. The summed E-state index contributed by atoms with van der Waals surface area (Å²) >= 11 is 0. The molecule has 0 saturated carbocycles. The van der Waals surface area contributed by atoms with Crippen molar-refractivity contribution < 1.29 is 29.0 Å². The molecular weight excluding hydrogens is 436 g/mol. The lowest BCUT2D eigenvalue weighted by Gasteiger charge is -2.22. The van der Waals surface area contributed by atoms with Gasteiger partial charge in [0.1, 0.15) is 12.6 Å². The van der Waals surface area contributed by atoms with Crippen molar-refractivity contribution in [3.05, 3.63) is 59.7 Å². The van der Waals surface area contributed by atoms with Crippen LogP contribution in [0.15, 0.2) is 48.5 Å². The lowest BCUT2D eigenvalue weighted by Crippen LogP contribution is -2.50. The molecule has 1 saturated heterocycles. The van der Waals surface area contributed by atoms with Gasteiger partial charge in [0, 0.05) is 5.92 Å². The topological polar surface area (TPSA) is 114 Å². The number of carbonyl (C=O) groups is 3. The van der Waals surface area contributed by atoms with E-state index in [4.69, 9.17) is 9.47 Å². The second kappa shape index (κ2) is 10.3.